The Morgan fingerprint density at radius 2 is 1.81 bits per heavy atom. The van der Waals surface area contributed by atoms with Crippen molar-refractivity contribution in [2.75, 3.05) is 0 Å². The summed E-state index contributed by atoms with van der Waals surface area (Å²) in [5.41, 5.74) is 3.14. The van der Waals surface area contributed by atoms with E-state index in [0.29, 0.717) is 0 Å². The van der Waals surface area contributed by atoms with Crippen LogP contribution in [0.2, 0.25) is 0 Å². The first kappa shape index (κ1) is 18.4. The summed E-state index contributed by atoms with van der Waals surface area (Å²) in [5.74, 6) is 1.31. The molecule has 136 valence electrons. The van der Waals surface area contributed by atoms with E-state index in [0.717, 1.165) is 28.2 Å². The first-order valence-electron chi connectivity index (χ1n) is 8.83. The summed E-state index contributed by atoms with van der Waals surface area (Å²) in [4.78, 5) is 16.2. The van der Waals surface area contributed by atoms with Gasteiger partial charge < -0.3 is 10.1 Å². The molecular formula is C23H22N2O2. The average Bonchev–Trinajstić information content (AvgIpc) is 2.67. The molecule has 0 fully saturated rings. The third kappa shape index (κ3) is 5.54. The molecule has 4 heteroatoms. The number of nitrogens with zero attached hydrogens (tertiary/aromatic N) is 1. The number of pyridine rings is 1. The van der Waals surface area contributed by atoms with Crippen LogP contribution < -0.4 is 10.1 Å². The largest absolute Gasteiger partial charge is 0.457 e. The van der Waals surface area contributed by atoms with Crippen LogP contribution in [0.5, 0.6) is 11.5 Å². The van der Waals surface area contributed by atoms with E-state index < -0.39 is 0 Å². The Kier molecular flexibility index (Phi) is 6.00. The van der Waals surface area contributed by atoms with Gasteiger partial charge >= 0.3 is 0 Å². The number of hydrogen-bond donors (Lipinski definition) is 1. The van der Waals surface area contributed by atoms with Gasteiger partial charge in [0.1, 0.15) is 11.5 Å². The monoisotopic (exact) mass is 358 g/mol. The van der Waals surface area contributed by atoms with Crippen molar-refractivity contribution >= 4 is 12.0 Å². The number of carbonyl (C=O) groups excluding carboxylic acids is 1. The van der Waals surface area contributed by atoms with Crippen LogP contribution in [0.1, 0.15) is 29.7 Å². The molecule has 1 unspecified atom stereocenters. The van der Waals surface area contributed by atoms with Gasteiger partial charge in [-0.3, -0.25) is 9.78 Å². The summed E-state index contributed by atoms with van der Waals surface area (Å²) in [6, 6.07) is 19.2. The molecule has 1 N–H and O–H groups in total. The molecule has 27 heavy (non-hydrogen) atoms. The number of hydrogen-bond acceptors (Lipinski definition) is 3. The Labute approximate surface area is 159 Å². The lowest BCUT2D eigenvalue weighted by Crippen LogP contribution is -2.24. The maximum absolute atomic E-state index is 12.2. The number of rotatable bonds is 6. The first-order chi connectivity index (χ1) is 13.1. The van der Waals surface area contributed by atoms with Crippen LogP contribution in [0.25, 0.3) is 6.08 Å². The zero-order chi connectivity index (χ0) is 19.1. The molecule has 0 aliphatic carbocycles. The smallest absolute Gasteiger partial charge is 0.244 e. The second kappa shape index (κ2) is 8.81. The van der Waals surface area contributed by atoms with E-state index >= 15 is 0 Å². The van der Waals surface area contributed by atoms with Gasteiger partial charge in [-0.1, -0.05) is 42.0 Å². The van der Waals surface area contributed by atoms with Gasteiger partial charge in [0, 0.05) is 18.5 Å². The Morgan fingerprint density at radius 3 is 2.59 bits per heavy atom. The number of carbonyl (C=O) groups is 1. The van der Waals surface area contributed by atoms with Gasteiger partial charge in [-0.25, -0.2) is 0 Å². The van der Waals surface area contributed by atoms with Crippen molar-refractivity contribution in [3.63, 3.8) is 0 Å². The maximum atomic E-state index is 12.2. The zero-order valence-corrected chi connectivity index (χ0v) is 15.4. The highest BCUT2D eigenvalue weighted by atomic mass is 16.5. The Hall–Kier alpha value is -3.40. The van der Waals surface area contributed by atoms with Crippen molar-refractivity contribution in [1.82, 2.24) is 10.3 Å². The van der Waals surface area contributed by atoms with E-state index in [1.807, 2.05) is 68.5 Å². The molecule has 0 spiro atoms. The minimum atomic E-state index is -0.138. The minimum Gasteiger partial charge on any atom is -0.457 e. The second-order valence-electron chi connectivity index (χ2n) is 6.34. The third-order valence-electron chi connectivity index (χ3n) is 4.07. The number of ether oxygens (including phenoxy) is 1. The lowest BCUT2D eigenvalue weighted by Gasteiger charge is -2.14. The van der Waals surface area contributed by atoms with Gasteiger partial charge in [0.15, 0.2) is 0 Å². The van der Waals surface area contributed by atoms with Crippen LogP contribution in [-0.4, -0.2) is 10.9 Å². The molecule has 1 atom stereocenters. The molecule has 0 saturated carbocycles. The van der Waals surface area contributed by atoms with Crippen molar-refractivity contribution in [1.29, 1.82) is 0 Å². The van der Waals surface area contributed by atoms with Crippen LogP contribution in [0.3, 0.4) is 0 Å². The quantitative estimate of drug-likeness (QED) is 0.626. The predicted molar refractivity (Wildman–Crippen MR) is 108 cm³/mol. The number of nitrogens with one attached hydrogen (secondary N) is 1. The SMILES string of the molecule is Cc1cccc(/C=C/C(=O)NC(C)c2cccc(Oc3ccncc3)c2)c1. The molecule has 3 rings (SSSR count). The van der Waals surface area contributed by atoms with Crippen molar-refractivity contribution < 1.29 is 9.53 Å². The lowest BCUT2D eigenvalue weighted by molar-refractivity contribution is -0.117. The van der Waals surface area contributed by atoms with Gasteiger partial charge in [0.25, 0.3) is 0 Å². The van der Waals surface area contributed by atoms with Crippen LogP contribution in [0, 0.1) is 6.92 Å². The van der Waals surface area contributed by atoms with E-state index in [1.54, 1.807) is 30.6 Å². The fraction of sp³-hybridized carbons (Fsp3) is 0.130. The highest BCUT2D eigenvalue weighted by Gasteiger charge is 2.09. The Morgan fingerprint density at radius 1 is 1.04 bits per heavy atom. The van der Waals surface area contributed by atoms with Gasteiger partial charge in [0.2, 0.25) is 5.91 Å². The van der Waals surface area contributed by atoms with Crippen molar-refractivity contribution in [2.24, 2.45) is 0 Å². The van der Waals surface area contributed by atoms with Crippen LogP contribution >= 0.6 is 0 Å². The molecule has 4 nitrogen and oxygen atoms in total. The van der Waals surface area contributed by atoms with Crippen molar-refractivity contribution in [2.45, 2.75) is 19.9 Å². The number of benzene rings is 2. The summed E-state index contributed by atoms with van der Waals surface area (Å²) in [6.45, 7) is 3.98. The molecule has 0 saturated heterocycles. The summed E-state index contributed by atoms with van der Waals surface area (Å²) in [5, 5.41) is 2.98. The van der Waals surface area contributed by atoms with Crippen molar-refractivity contribution in [3.8, 4) is 11.5 Å². The van der Waals surface area contributed by atoms with Gasteiger partial charge in [-0.15, -0.1) is 0 Å². The minimum absolute atomic E-state index is 0.135. The molecule has 0 radical (unpaired) electrons. The Bertz CT molecular complexity index is 936. The van der Waals surface area contributed by atoms with E-state index in [1.165, 1.54) is 0 Å². The molecule has 1 amide bonds. The van der Waals surface area contributed by atoms with E-state index in [9.17, 15) is 4.79 Å². The highest BCUT2D eigenvalue weighted by molar-refractivity contribution is 5.92. The summed E-state index contributed by atoms with van der Waals surface area (Å²) < 4.78 is 5.82. The molecule has 2 aromatic carbocycles. The average molecular weight is 358 g/mol. The van der Waals surface area contributed by atoms with Crippen molar-refractivity contribution in [3.05, 3.63) is 95.8 Å². The first-order valence-corrected chi connectivity index (χ1v) is 8.83. The number of amides is 1. The fourth-order valence-corrected chi connectivity index (χ4v) is 2.68. The predicted octanol–water partition coefficient (Wildman–Crippen LogP) is 5.07. The topological polar surface area (TPSA) is 51.2 Å². The normalized spacial score (nSPS) is 11.9. The van der Waals surface area contributed by atoms with Gasteiger partial charge in [-0.2, -0.15) is 0 Å². The van der Waals surface area contributed by atoms with E-state index in [2.05, 4.69) is 10.3 Å². The molecule has 1 heterocycles. The van der Waals surface area contributed by atoms with Crippen LogP contribution in [0.4, 0.5) is 0 Å². The Balaban J connectivity index is 1.62. The van der Waals surface area contributed by atoms with Crippen LogP contribution in [0.15, 0.2) is 79.1 Å². The summed E-state index contributed by atoms with van der Waals surface area (Å²) >= 11 is 0. The standard InChI is InChI=1S/C23H22N2O2/c1-17-5-3-6-19(15-17)9-10-23(26)25-18(2)20-7-4-8-22(16-20)27-21-11-13-24-14-12-21/h3-16,18H,1-2H3,(H,25,26)/b10-9+. The summed E-state index contributed by atoms with van der Waals surface area (Å²) in [7, 11) is 0. The molecule has 3 aromatic rings. The molecular weight excluding hydrogens is 336 g/mol. The summed E-state index contributed by atoms with van der Waals surface area (Å²) in [6.07, 6.45) is 6.74. The number of aromatic nitrogens is 1. The fourth-order valence-electron chi connectivity index (χ4n) is 2.68. The maximum Gasteiger partial charge on any atom is 0.244 e. The molecule has 0 aliphatic rings. The molecule has 1 aromatic heterocycles. The lowest BCUT2D eigenvalue weighted by atomic mass is 10.1. The highest BCUT2D eigenvalue weighted by Crippen LogP contribution is 2.24. The molecule has 0 bridgehead atoms. The van der Waals surface area contributed by atoms with E-state index in [4.69, 9.17) is 4.74 Å². The van der Waals surface area contributed by atoms with Gasteiger partial charge in [0.05, 0.1) is 6.04 Å². The number of aryl methyl sites for hydroxylation is 1. The third-order valence-corrected chi connectivity index (χ3v) is 4.07. The van der Waals surface area contributed by atoms with Gasteiger partial charge in [-0.05, 0) is 55.3 Å². The second-order valence-corrected chi connectivity index (χ2v) is 6.34. The molecule has 0 aliphatic heterocycles. The zero-order valence-electron chi connectivity index (χ0n) is 15.4. The van der Waals surface area contributed by atoms with Crippen LogP contribution in [-0.2, 0) is 4.79 Å². The van der Waals surface area contributed by atoms with E-state index in [-0.39, 0.29) is 11.9 Å².